The molecule has 0 unspecified atom stereocenters. The minimum Gasteiger partial charge on any atom is -1.00 e. The monoisotopic (exact) mass is 310 g/mol. The Morgan fingerprint density at radius 2 is 1.45 bits per heavy atom. The van der Waals surface area contributed by atoms with Gasteiger partial charge in [-0.15, -0.1) is 19.6 Å². The summed E-state index contributed by atoms with van der Waals surface area (Å²) in [6.07, 6.45) is 0. The zero-order valence-corrected chi connectivity index (χ0v) is 12.4. The molecule has 0 saturated carbocycles. The van der Waals surface area contributed by atoms with Crippen LogP contribution < -0.4 is 26.5 Å². The number of hydrogen-bond donors (Lipinski definition) is 0. The van der Waals surface area contributed by atoms with Crippen molar-refractivity contribution in [2.75, 3.05) is 47.6 Å². The number of methoxy groups -OCH3 is 2. The number of rotatable bonds is 4. The number of morpholine rings is 1. The van der Waals surface area contributed by atoms with Crippen LogP contribution in [-0.4, -0.2) is 68.1 Å². The van der Waals surface area contributed by atoms with Crippen molar-refractivity contribution in [2.45, 2.75) is 0 Å². The Hall–Kier alpha value is -1.26. The Morgan fingerprint density at radius 1 is 0.950 bits per heavy atom. The number of nitrogens with zero attached hydrogens (tertiary/aromatic N) is 4. The van der Waals surface area contributed by atoms with Crippen LogP contribution in [0.4, 0.5) is 5.95 Å². The van der Waals surface area contributed by atoms with Crippen molar-refractivity contribution >= 4 is 5.95 Å². The van der Waals surface area contributed by atoms with Gasteiger partial charge in [-0.05, 0) is 0 Å². The van der Waals surface area contributed by atoms with E-state index < -0.39 is 0 Å². The predicted molar refractivity (Wildman–Crippen MR) is 65.9 cm³/mol. The molecule has 1 aromatic rings. The topological polar surface area (TPSA) is 107 Å². The predicted octanol–water partition coefficient (Wildman–Crippen LogP) is -4.03. The van der Waals surface area contributed by atoms with E-state index in [1.54, 1.807) is 7.11 Å². The van der Waals surface area contributed by atoms with E-state index in [1.165, 1.54) is 14.2 Å². The van der Waals surface area contributed by atoms with Gasteiger partial charge >= 0.3 is 18.0 Å². The minimum absolute atomic E-state index is 0. The summed E-state index contributed by atoms with van der Waals surface area (Å²) in [4.78, 5) is 18.0. The van der Waals surface area contributed by atoms with Gasteiger partial charge in [0.15, 0.2) is 0 Å². The number of hydroxylamine groups is 2. The standard InChI is InChI=1S/C10H17N4O4.ClH.H2O/c1-15-9-11-8(12-10(13-9)16-2)14(17-3)4-6-18-7-5-14;;/h4-7H2,1-3H3;1H;1H2/q+1;;/p-1. The molecule has 1 fully saturated rings. The molecule has 0 aliphatic carbocycles. The Bertz CT molecular complexity index is 394. The number of quaternary nitrogens is 1. The molecule has 1 saturated heterocycles. The molecule has 2 rings (SSSR count). The van der Waals surface area contributed by atoms with Gasteiger partial charge in [0.1, 0.15) is 13.1 Å². The van der Waals surface area contributed by atoms with Crippen molar-refractivity contribution in [1.29, 1.82) is 0 Å². The molecule has 0 bridgehead atoms. The fraction of sp³-hybridized carbons (Fsp3) is 0.700. The highest BCUT2D eigenvalue weighted by Crippen LogP contribution is 2.24. The van der Waals surface area contributed by atoms with E-state index in [0.717, 1.165) is 0 Å². The van der Waals surface area contributed by atoms with E-state index >= 15 is 0 Å². The third kappa shape index (κ3) is 3.64. The van der Waals surface area contributed by atoms with Crippen molar-refractivity contribution in [3.63, 3.8) is 0 Å². The van der Waals surface area contributed by atoms with Crippen LogP contribution in [-0.2, 0) is 9.57 Å². The minimum atomic E-state index is 0. The lowest BCUT2D eigenvalue weighted by Gasteiger charge is -2.33. The Kier molecular flexibility index (Phi) is 7.61. The van der Waals surface area contributed by atoms with Gasteiger partial charge in [-0.2, -0.15) is 4.84 Å². The van der Waals surface area contributed by atoms with Crippen LogP contribution in [0, 0.1) is 0 Å². The summed E-state index contributed by atoms with van der Waals surface area (Å²) < 4.78 is 15.6. The molecule has 1 aliphatic heterocycles. The molecule has 0 spiro atoms. The maximum absolute atomic E-state index is 5.56. The molecule has 2 N–H and O–H groups in total. The van der Waals surface area contributed by atoms with E-state index in [0.29, 0.717) is 32.3 Å². The molecule has 20 heavy (non-hydrogen) atoms. The molecular formula is C10H19ClN4O5. The number of ether oxygens (including phenoxy) is 3. The summed E-state index contributed by atoms with van der Waals surface area (Å²) in [7, 11) is 4.61. The molecular weight excluding hydrogens is 292 g/mol. The second kappa shape index (κ2) is 8.12. The number of aromatic nitrogens is 3. The van der Waals surface area contributed by atoms with Gasteiger partial charge in [0, 0.05) is 0 Å². The molecule has 2 heterocycles. The van der Waals surface area contributed by atoms with Gasteiger partial charge in [-0.25, -0.2) is 0 Å². The molecule has 0 atom stereocenters. The van der Waals surface area contributed by atoms with Gasteiger partial charge in [0.05, 0.1) is 34.5 Å². The van der Waals surface area contributed by atoms with Gasteiger partial charge < -0.3 is 32.1 Å². The lowest BCUT2D eigenvalue weighted by atomic mass is 10.4. The first kappa shape index (κ1) is 18.7. The normalized spacial score (nSPS) is 16.6. The SMILES string of the molecule is COc1nc(OC)nc([N+]2(OC)CCOCC2)n1.O.[Cl-]. The fourth-order valence-electron chi connectivity index (χ4n) is 1.79. The van der Waals surface area contributed by atoms with Crippen molar-refractivity contribution in [3.05, 3.63) is 0 Å². The summed E-state index contributed by atoms with van der Waals surface area (Å²) in [6.45, 7) is 2.44. The van der Waals surface area contributed by atoms with Crippen LogP contribution in [0.5, 0.6) is 12.0 Å². The molecule has 1 aliphatic rings. The average molecular weight is 311 g/mol. The molecule has 0 radical (unpaired) electrons. The Labute approximate surface area is 123 Å². The molecule has 0 amide bonds. The summed E-state index contributed by atoms with van der Waals surface area (Å²) in [5.41, 5.74) is 0. The summed E-state index contributed by atoms with van der Waals surface area (Å²) in [5, 5.41) is 0. The van der Waals surface area contributed by atoms with Gasteiger partial charge in [0.25, 0.3) is 0 Å². The zero-order valence-electron chi connectivity index (χ0n) is 11.6. The maximum atomic E-state index is 5.56. The van der Waals surface area contributed by atoms with E-state index in [-0.39, 0.29) is 34.6 Å². The van der Waals surface area contributed by atoms with Crippen molar-refractivity contribution in [3.8, 4) is 12.0 Å². The largest absolute Gasteiger partial charge is 1.00 e. The zero-order chi connectivity index (χ0) is 13.0. The first-order chi connectivity index (χ1) is 8.74. The average Bonchev–Trinajstić information content (AvgIpc) is 2.47. The van der Waals surface area contributed by atoms with E-state index in [1.807, 2.05) is 0 Å². The van der Waals surface area contributed by atoms with Crippen molar-refractivity contribution in [2.24, 2.45) is 0 Å². The van der Waals surface area contributed by atoms with Crippen molar-refractivity contribution in [1.82, 2.24) is 19.6 Å². The second-order valence-corrected chi connectivity index (χ2v) is 3.74. The third-order valence-corrected chi connectivity index (χ3v) is 2.86. The number of hydrogen-bond acceptors (Lipinski definition) is 7. The fourth-order valence-corrected chi connectivity index (χ4v) is 1.79. The third-order valence-electron chi connectivity index (χ3n) is 2.86. The molecule has 116 valence electrons. The van der Waals surface area contributed by atoms with Crippen LogP contribution in [0.25, 0.3) is 0 Å². The van der Waals surface area contributed by atoms with Gasteiger partial charge in [-0.1, -0.05) is 0 Å². The second-order valence-electron chi connectivity index (χ2n) is 3.74. The first-order valence-electron chi connectivity index (χ1n) is 5.59. The van der Waals surface area contributed by atoms with E-state index in [2.05, 4.69) is 15.0 Å². The van der Waals surface area contributed by atoms with Crippen LogP contribution in [0.15, 0.2) is 0 Å². The van der Waals surface area contributed by atoms with Crippen molar-refractivity contribution < 1.29 is 36.9 Å². The summed E-state index contributed by atoms with van der Waals surface area (Å²) >= 11 is 0. The van der Waals surface area contributed by atoms with Crippen LogP contribution in [0.1, 0.15) is 0 Å². The van der Waals surface area contributed by atoms with Crippen LogP contribution >= 0.6 is 0 Å². The highest BCUT2D eigenvalue weighted by atomic mass is 35.5. The maximum Gasteiger partial charge on any atom is 0.371 e. The smallest absolute Gasteiger partial charge is 0.371 e. The molecule has 1 aromatic heterocycles. The Morgan fingerprint density at radius 3 is 1.85 bits per heavy atom. The molecule has 9 nitrogen and oxygen atoms in total. The van der Waals surface area contributed by atoms with Gasteiger partial charge in [-0.3, -0.25) is 0 Å². The van der Waals surface area contributed by atoms with Crippen LogP contribution in [0.3, 0.4) is 0 Å². The summed E-state index contributed by atoms with van der Waals surface area (Å²) in [6, 6.07) is 0.413. The van der Waals surface area contributed by atoms with Gasteiger partial charge in [0.2, 0.25) is 0 Å². The van der Waals surface area contributed by atoms with Crippen LogP contribution in [0.2, 0.25) is 0 Å². The van der Waals surface area contributed by atoms with E-state index in [9.17, 15) is 0 Å². The summed E-state index contributed by atoms with van der Waals surface area (Å²) in [5.74, 6) is 0.463. The molecule has 0 aromatic carbocycles. The van der Waals surface area contributed by atoms with E-state index in [4.69, 9.17) is 19.0 Å². The number of halogens is 1. The lowest BCUT2D eigenvalue weighted by Crippen LogP contribution is -3.00. The lowest BCUT2D eigenvalue weighted by molar-refractivity contribution is -0.166. The highest BCUT2D eigenvalue weighted by Gasteiger charge is 2.39. The molecule has 10 heteroatoms. The quantitative estimate of drug-likeness (QED) is 0.521. The Balaban J connectivity index is 0.00000180. The highest BCUT2D eigenvalue weighted by molar-refractivity contribution is 5.26. The first-order valence-corrected chi connectivity index (χ1v) is 5.59.